The smallest absolute Gasteiger partial charge is 0.331 e. The van der Waals surface area contributed by atoms with Gasteiger partial charge in [-0.1, -0.05) is 0 Å². The van der Waals surface area contributed by atoms with Crippen LogP contribution in [-0.4, -0.2) is 60.8 Å². The Bertz CT molecular complexity index is 423. The minimum absolute atomic E-state index is 0.188. The summed E-state index contributed by atoms with van der Waals surface area (Å²) in [6.07, 6.45) is -0.869. The molecule has 0 bridgehead atoms. The molecule has 0 aromatic carbocycles. The van der Waals surface area contributed by atoms with E-state index >= 15 is 0 Å². The Morgan fingerprint density at radius 1 is 1.35 bits per heavy atom. The molecule has 2 aliphatic heterocycles. The van der Waals surface area contributed by atoms with Gasteiger partial charge in [0, 0.05) is 19.4 Å². The second-order valence-electron chi connectivity index (χ2n) is 5.13. The number of amides is 1. The fourth-order valence-corrected chi connectivity index (χ4v) is 2.68. The first-order chi connectivity index (χ1) is 9.43. The maximum Gasteiger partial charge on any atom is 0.331 e. The van der Waals surface area contributed by atoms with Crippen molar-refractivity contribution in [2.45, 2.75) is 51.0 Å². The molecule has 20 heavy (non-hydrogen) atoms. The second kappa shape index (κ2) is 5.78. The number of cyclic esters (lactones) is 1. The van der Waals surface area contributed by atoms with Crippen LogP contribution in [0.25, 0.3) is 0 Å². The molecule has 4 atom stereocenters. The van der Waals surface area contributed by atoms with Crippen molar-refractivity contribution in [2.24, 2.45) is 0 Å². The molecule has 1 amide bonds. The Balaban J connectivity index is 2.18. The zero-order chi connectivity index (χ0) is 14.9. The maximum absolute atomic E-state index is 12.5. The number of rotatable bonds is 2. The molecule has 112 valence electrons. The fourth-order valence-electron chi connectivity index (χ4n) is 2.68. The number of nitrogens with zero attached hydrogens (tertiary/aromatic N) is 1. The predicted molar refractivity (Wildman–Crippen MR) is 66.6 cm³/mol. The summed E-state index contributed by atoms with van der Waals surface area (Å²) in [6, 6.07) is -0.803. The predicted octanol–water partition coefficient (Wildman–Crippen LogP) is -0.131. The normalized spacial score (nSPS) is 33.8. The zero-order valence-corrected chi connectivity index (χ0v) is 11.8. The van der Waals surface area contributed by atoms with Crippen molar-refractivity contribution < 1.29 is 28.6 Å². The van der Waals surface area contributed by atoms with E-state index < -0.39 is 24.2 Å². The Labute approximate surface area is 117 Å². The lowest BCUT2D eigenvalue weighted by molar-refractivity contribution is -0.179. The number of hydrogen-bond acceptors (Lipinski definition) is 6. The number of ether oxygens (including phenoxy) is 3. The molecule has 0 aliphatic carbocycles. The number of carbonyl (C=O) groups excluding carboxylic acids is 3. The Hall–Kier alpha value is -1.63. The van der Waals surface area contributed by atoms with Gasteiger partial charge >= 0.3 is 11.9 Å². The first-order valence-corrected chi connectivity index (χ1v) is 6.67. The molecule has 2 fully saturated rings. The highest BCUT2D eigenvalue weighted by Crippen LogP contribution is 2.24. The van der Waals surface area contributed by atoms with E-state index in [9.17, 15) is 14.4 Å². The van der Waals surface area contributed by atoms with Crippen LogP contribution < -0.4 is 0 Å². The molecule has 2 saturated heterocycles. The molecule has 2 heterocycles. The topological polar surface area (TPSA) is 82.1 Å². The van der Waals surface area contributed by atoms with Crippen molar-refractivity contribution in [3.05, 3.63) is 0 Å². The van der Waals surface area contributed by atoms with Crippen molar-refractivity contribution in [2.75, 3.05) is 13.7 Å². The van der Waals surface area contributed by atoms with Crippen LogP contribution in [0.15, 0.2) is 0 Å². The highest BCUT2D eigenvalue weighted by Gasteiger charge is 2.44. The van der Waals surface area contributed by atoms with Gasteiger partial charge in [0.2, 0.25) is 0 Å². The molecule has 2 rings (SSSR count). The third kappa shape index (κ3) is 2.77. The summed E-state index contributed by atoms with van der Waals surface area (Å²) < 4.78 is 15.3. The summed E-state index contributed by atoms with van der Waals surface area (Å²) >= 11 is 0. The first-order valence-electron chi connectivity index (χ1n) is 6.67. The van der Waals surface area contributed by atoms with Gasteiger partial charge in [0.1, 0.15) is 0 Å². The minimum Gasteiger partial charge on any atom is -0.467 e. The average molecular weight is 285 g/mol. The van der Waals surface area contributed by atoms with Crippen LogP contribution in [0, 0.1) is 0 Å². The quantitative estimate of drug-likeness (QED) is 0.657. The summed E-state index contributed by atoms with van der Waals surface area (Å²) in [4.78, 5) is 36.9. The third-order valence-electron chi connectivity index (χ3n) is 3.57. The molecule has 7 heteroatoms. The molecule has 7 nitrogen and oxygen atoms in total. The van der Waals surface area contributed by atoms with E-state index in [1.807, 2.05) is 6.92 Å². The van der Waals surface area contributed by atoms with Gasteiger partial charge in [0.15, 0.2) is 12.1 Å². The lowest BCUT2D eigenvalue weighted by atomic mass is 10.0. The van der Waals surface area contributed by atoms with E-state index in [2.05, 4.69) is 0 Å². The van der Waals surface area contributed by atoms with Crippen LogP contribution in [-0.2, 0) is 28.6 Å². The summed E-state index contributed by atoms with van der Waals surface area (Å²) in [6.45, 7) is 3.82. The van der Waals surface area contributed by atoms with Crippen LogP contribution >= 0.6 is 0 Å². The Morgan fingerprint density at radius 2 is 2.05 bits per heavy atom. The van der Waals surface area contributed by atoms with E-state index in [-0.39, 0.29) is 30.9 Å². The van der Waals surface area contributed by atoms with Gasteiger partial charge in [0.05, 0.1) is 19.3 Å². The lowest BCUT2D eigenvalue weighted by Crippen LogP contribution is -2.60. The number of esters is 2. The van der Waals surface area contributed by atoms with Crippen molar-refractivity contribution >= 4 is 17.8 Å². The Morgan fingerprint density at radius 3 is 2.60 bits per heavy atom. The molecule has 3 unspecified atom stereocenters. The van der Waals surface area contributed by atoms with Crippen LogP contribution in [0.4, 0.5) is 0 Å². The van der Waals surface area contributed by atoms with Gasteiger partial charge in [-0.05, 0) is 13.8 Å². The summed E-state index contributed by atoms with van der Waals surface area (Å²) in [7, 11) is 1.27. The Kier molecular flexibility index (Phi) is 4.27. The zero-order valence-electron chi connectivity index (χ0n) is 11.8. The molecule has 0 saturated carbocycles. The summed E-state index contributed by atoms with van der Waals surface area (Å²) in [5, 5.41) is 0. The first kappa shape index (κ1) is 14.8. The largest absolute Gasteiger partial charge is 0.467 e. The minimum atomic E-state index is -0.803. The van der Waals surface area contributed by atoms with Crippen molar-refractivity contribution in [1.29, 1.82) is 0 Å². The van der Waals surface area contributed by atoms with E-state index in [1.54, 1.807) is 6.92 Å². The number of carbonyl (C=O) groups is 3. The second-order valence-corrected chi connectivity index (χ2v) is 5.13. The van der Waals surface area contributed by atoms with Crippen molar-refractivity contribution in [1.82, 2.24) is 4.90 Å². The van der Waals surface area contributed by atoms with Crippen LogP contribution in [0.5, 0.6) is 0 Å². The number of morpholine rings is 1. The monoisotopic (exact) mass is 285 g/mol. The fraction of sp³-hybridized carbons (Fsp3) is 0.769. The highest BCUT2D eigenvalue weighted by molar-refractivity contribution is 5.90. The standard InChI is InChI=1S/C13H19NO6/c1-7-6-14(11(8(2)19-7)13(17)18-3)12(16)9-4-5-10(15)20-9/h7-9,11H,4-6H2,1-3H3/t7?,8?,9-,11?/m1/s1. The van der Waals surface area contributed by atoms with E-state index in [4.69, 9.17) is 14.2 Å². The summed E-state index contributed by atoms with van der Waals surface area (Å²) in [5.74, 6) is -1.26. The van der Waals surface area contributed by atoms with E-state index in [1.165, 1.54) is 12.0 Å². The molecule has 0 spiro atoms. The molecule has 2 aliphatic rings. The van der Waals surface area contributed by atoms with Gasteiger partial charge in [-0.25, -0.2) is 4.79 Å². The van der Waals surface area contributed by atoms with Gasteiger partial charge in [-0.2, -0.15) is 0 Å². The highest BCUT2D eigenvalue weighted by atomic mass is 16.6. The summed E-state index contributed by atoms with van der Waals surface area (Å²) in [5.41, 5.74) is 0. The number of hydrogen-bond donors (Lipinski definition) is 0. The molecule has 0 N–H and O–H groups in total. The van der Waals surface area contributed by atoms with Crippen LogP contribution in [0.3, 0.4) is 0 Å². The molecule has 0 aromatic rings. The van der Waals surface area contributed by atoms with E-state index in [0.717, 1.165) is 0 Å². The van der Waals surface area contributed by atoms with E-state index in [0.29, 0.717) is 6.42 Å². The van der Waals surface area contributed by atoms with Crippen molar-refractivity contribution in [3.63, 3.8) is 0 Å². The maximum atomic E-state index is 12.5. The molecule has 0 radical (unpaired) electrons. The molecular weight excluding hydrogens is 266 g/mol. The van der Waals surface area contributed by atoms with Gasteiger partial charge < -0.3 is 19.1 Å². The van der Waals surface area contributed by atoms with Gasteiger partial charge in [-0.3, -0.25) is 9.59 Å². The SMILES string of the molecule is COC(=O)C1C(C)OC(C)CN1C(=O)[C@H]1CCC(=O)O1. The van der Waals surface area contributed by atoms with Crippen molar-refractivity contribution in [3.8, 4) is 0 Å². The number of methoxy groups -OCH3 is 1. The molecular formula is C13H19NO6. The third-order valence-corrected chi connectivity index (χ3v) is 3.57. The molecule has 0 aromatic heterocycles. The van der Waals surface area contributed by atoms with Crippen LogP contribution in [0.2, 0.25) is 0 Å². The van der Waals surface area contributed by atoms with Gasteiger partial charge in [0.25, 0.3) is 5.91 Å². The van der Waals surface area contributed by atoms with Gasteiger partial charge in [-0.15, -0.1) is 0 Å². The van der Waals surface area contributed by atoms with Crippen LogP contribution in [0.1, 0.15) is 26.7 Å². The average Bonchev–Trinajstić information content (AvgIpc) is 2.83. The lowest BCUT2D eigenvalue weighted by Gasteiger charge is -2.41.